The fourth-order valence-corrected chi connectivity index (χ4v) is 4.92. The Morgan fingerprint density at radius 3 is 1.97 bits per heavy atom. The molecule has 0 unspecified atom stereocenters. The van der Waals surface area contributed by atoms with Gasteiger partial charge in [-0.3, -0.25) is 4.99 Å². The number of amidine groups is 1. The second kappa shape index (κ2) is 6.63. The lowest BCUT2D eigenvalue weighted by Crippen LogP contribution is -2.16. The predicted molar refractivity (Wildman–Crippen MR) is 134 cm³/mol. The maximum atomic E-state index is 5.00. The fraction of sp³-hybridized carbons (Fsp3) is 0.0345. The number of hydrogen-bond acceptors (Lipinski definition) is 3. The van der Waals surface area contributed by atoms with Gasteiger partial charge in [0.15, 0.2) is 0 Å². The SMILES string of the molecule is c1cc2c3c(cccc3c1)N=C(c1ccc(C3=Nc4cccc5cccc(c45)N3)cc1)C2. The van der Waals surface area contributed by atoms with Gasteiger partial charge in [0.05, 0.1) is 17.1 Å². The van der Waals surface area contributed by atoms with E-state index < -0.39 is 0 Å². The van der Waals surface area contributed by atoms with E-state index in [0.29, 0.717) is 0 Å². The molecule has 1 N–H and O–H groups in total. The van der Waals surface area contributed by atoms with Crippen LogP contribution in [0.1, 0.15) is 16.7 Å². The molecule has 2 aliphatic rings. The van der Waals surface area contributed by atoms with Gasteiger partial charge in [0.25, 0.3) is 0 Å². The van der Waals surface area contributed by atoms with E-state index in [1.165, 1.54) is 27.1 Å². The normalized spacial score (nSPS) is 14.1. The highest BCUT2D eigenvalue weighted by atomic mass is 15.0. The number of nitrogens with one attached hydrogen (secondary N) is 1. The summed E-state index contributed by atoms with van der Waals surface area (Å²) in [6.07, 6.45) is 0.849. The molecule has 150 valence electrons. The molecule has 5 aromatic carbocycles. The minimum Gasteiger partial charge on any atom is -0.339 e. The van der Waals surface area contributed by atoms with Gasteiger partial charge in [-0.15, -0.1) is 0 Å². The average Bonchev–Trinajstić information content (AvgIpc) is 2.85. The van der Waals surface area contributed by atoms with E-state index in [9.17, 15) is 0 Å². The van der Waals surface area contributed by atoms with Gasteiger partial charge in [-0.2, -0.15) is 0 Å². The minimum absolute atomic E-state index is 0.849. The van der Waals surface area contributed by atoms with Crippen molar-refractivity contribution in [3.8, 4) is 0 Å². The molecular formula is C29H19N3. The molecule has 0 atom stereocenters. The lowest BCUT2D eigenvalue weighted by Gasteiger charge is -2.20. The summed E-state index contributed by atoms with van der Waals surface area (Å²) in [6, 6.07) is 34.1. The minimum atomic E-state index is 0.849. The maximum Gasteiger partial charge on any atom is 0.138 e. The molecule has 2 heterocycles. The van der Waals surface area contributed by atoms with Gasteiger partial charge in [0, 0.05) is 28.4 Å². The zero-order chi connectivity index (χ0) is 21.1. The van der Waals surface area contributed by atoms with Gasteiger partial charge in [0.2, 0.25) is 0 Å². The lowest BCUT2D eigenvalue weighted by atomic mass is 9.93. The Labute approximate surface area is 185 Å². The summed E-state index contributed by atoms with van der Waals surface area (Å²) >= 11 is 0. The van der Waals surface area contributed by atoms with Crippen molar-refractivity contribution in [1.82, 2.24) is 0 Å². The summed E-state index contributed by atoms with van der Waals surface area (Å²) in [5.74, 6) is 0.878. The molecule has 5 aromatic rings. The van der Waals surface area contributed by atoms with Crippen LogP contribution in [0.25, 0.3) is 21.5 Å². The first-order valence-corrected chi connectivity index (χ1v) is 10.9. The van der Waals surface area contributed by atoms with Crippen molar-refractivity contribution in [3.05, 3.63) is 114 Å². The van der Waals surface area contributed by atoms with Crippen LogP contribution in [0.3, 0.4) is 0 Å². The van der Waals surface area contributed by atoms with Crippen LogP contribution in [0.15, 0.2) is 107 Å². The van der Waals surface area contributed by atoms with Gasteiger partial charge in [-0.1, -0.05) is 78.9 Å². The first-order chi connectivity index (χ1) is 15.8. The van der Waals surface area contributed by atoms with Crippen molar-refractivity contribution in [3.63, 3.8) is 0 Å². The second-order valence-corrected chi connectivity index (χ2v) is 8.37. The zero-order valence-corrected chi connectivity index (χ0v) is 17.3. The van der Waals surface area contributed by atoms with Crippen molar-refractivity contribution < 1.29 is 0 Å². The molecule has 0 bridgehead atoms. The van der Waals surface area contributed by atoms with Crippen LogP contribution in [0, 0.1) is 0 Å². The van der Waals surface area contributed by atoms with Crippen molar-refractivity contribution in [2.75, 3.05) is 5.32 Å². The van der Waals surface area contributed by atoms with Gasteiger partial charge < -0.3 is 5.32 Å². The molecule has 2 aliphatic heterocycles. The highest BCUT2D eigenvalue weighted by Crippen LogP contribution is 2.37. The first-order valence-electron chi connectivity index (χ1n) is 10.9. The number of benzene rings is 5. The lowest BCUT2D eigenvalue weighted by molar-refractivity contribution is 1.29. The molecule has 0 fully saturated rings. The molecule has 32 heavy (non-hydrogen) atoms. The van der Waals surface area contributed by atoms with Crippen LogP contribution in [-0.4, -0.2) is 11.5 Å². The number of aliphatic imine (C=N–C) groups is 2. The van der Waals surface area contributed by atoms with Gasteiger partial charge in [0.1, 0.15) is 5.84 Å². The fourth-order valence-electron chi connectivity index (χ4n) is 4.92. The van der Waals surface area contributed by atoms with E-state index in [0.717, 1.165) is 46.2 Å². The Kier molecular flexibility index (Phi) is 3.61. The average molecular weight is 409 g/mol. The van der Waals surface area contributed by atoms with Crippen LogP contribution in [0.4, 0.5) is 17.1 Å². The summed E-state index contributed by atoms with van der Waals surface area (Å²) in [7, 11) is 0. The number of rotatable bonds is 2. The van der Waals surface area contributed by atoms with Crippen LogP contribution in [-0.2, 0) is 6.42 Å². The second-order valence-electron chi connectivity index (χ2n) is 8.37. The van der Waals surface area contributed by atoms with E-state index in [1.807, 2.05) is 0 Å². The van der Waals surface area contributed by atoms with Crippen molar-refractivity contribution >= 4 is 50.2 Å². The Hall–Kier alpha value is -4.24. The third-order valence-corrected chi connectivity index (χ3v) is 6.44. The van der Waals surface area contributed by atoms with Crippen molar-refractivity contribution in [2.24, 2.45) is 9.98 Å². The van der Waals surface area contributed by atoms with E-state index >= 15 is 0 Å². The molecule has 7 rings (SSSR count). The zero-order valence-electron chi connectivity index (χ0n) is 17.3. The number of hydrogen-bond donors (Lipinski definition) is 1. The Morgan fingerprint density at radius 2 is 1.19 bits per heavy atom. The summed E-state index contributed by atoms with van der Waals surface area (Å²) in [5.41, 5.74) is 7.85. The quantitative estimate of drug-likeness (QED) is 0.329. The van der Waals surface area contributed by atoms with Gasteiger partial charge >= 0.3 is 0 Å². The van der Waals surface area contributed by atoms with Crippen LogP contribution >= 0.6 is 0 Å². The molecule has 0 aromatic heterocycles. The third-order valence-electron chi connectivity index (χ3n) is 6.44. The molecule has 0 saturated heterocycles. The molecule has 0 saturated carbocycles. The molecule has 0 radical (unpaired) electrons. The highest BCUT2D eigenvalue weighted by Gasteiger charge is 2.18. The molecule has 3 heteroatoms. The summed E-state index contributed by atoms with van der Waals surface area (Å²) in [5, 5.41) is 8.45. The van der Waals surface area contributed by atoms with E-state index in [4.69, 9.17) is 9.98 Å². The van der Waals surface area contributed by atoms with Crippen LogP contribution in [0.2, 0.25) is 0 Å². The maximum absolute atomic E-state index is 5.00. The predicted octanol–water partition coefficient (Wildman–Crippen LogP) is 7.17. The van der Waals surface area contributed by atoms with E-state index in [2.05, 4.69) is 102 Å². The highest BCUT2D eigenvalue weighted by molar-refractivity contribution is 6.19. The summed E-state index contributed by atoms with van der Waals surface area (Å²) in [6.45, 7) is 0. The van der Waals surface area contributed by atoms with Crippen LogP contribution < -0.4 is 5.32 Å². The van der Waals surface area contributed by atoms with Gasteiger partial charge in [-0.05, 0) is 40.1 Å². The summed E-state index contributed by atoms with van der Waals surface area (Å²) < 4.78 is 0. The largest absolute Gasteiger partial charge is 0.339 e. The van der Waals surface area contributed by atoms with Crippen molar-refractivity contribution in [2.45, 2.75) is 6.42 Å². The molecule has 0 aliphatic carbocycles. The molecule has 3 nitrogen and oxygen atoms in total. The van der Waals surface area contributed by atoms with E-state index in [-0.39, 0.29) is 0 Å². The summed E-state index contributed by atoms with van der Waals surface area (Å²) in [4.78, 5) is 9.91. The Morgan fingerprint density at radius 1 is 0.562 bits per heavy atom. The first kappa shape index (κ1) is 17.4. The number of anilines is 1. The Bertz CT molecular complexity index is 1480. The Balaban J connectivity index is 1.26. The topological polar surface area (TPSA) is 36.8 Å². The molecular weight excluding hydrogens is 390 g/mol. The molecule has 0 amide bonds. The smallest absolute Gasteiger partial charge is 0.138 e. The standard InChI is InChI=1S/C29H19N3/c1-5-19-6-2-10-23-27(19)22(9-1)17-26(30-23)18-13-15-21(16-14-18)29-31-24-11-3-7-20-8-4-12-25(32-29)28(20)24/h1-16H,17H2,(H,31,32). The van der Waals surface area contributed by atoms with Crippen LogP contribution in [0.5, 0.6) is 0 Å². The molecule has 0 spiro atoms. The third kappa shape index (κ3) is 2.61. The number of nitrogens with zero attached hydrogens (tertiary/aromatic N) is 2. The van der Waals surface area contributed by atoms with Crippen molar-refractivity contribution in [1.29, 1.82) is 0 Å². The van der Waals surface area contributed by atoms with Gasteiger partial charge in [-0.25, -0.2) is 4.99 Å². The van der Waals surface area contributed by atoms with E-state index in [1.54, 1.807) is 0 Å². The monoisotopic (exact) mass is 409 g/mol.